The van der Waals surface area contributed by atoms with Crippen LogP contribution in [0.25, 0.3) is 0 Å². The van der Waals surface area contributed by atoms with Gasteiger partial charge in [0.1, 0.15) is 0 Å². The number of carbonyl (C=O) groups is 1. The number of hydrogen-bond donors (Lipinski definition) is 1. The van der Waals surface area contributed by atoms with E-state index < -0.39 is 0 Å². The number of carbonyl (C=O) groups excluding carboxylic acids is 1. The first-order valence-corrected chi connectivity index (χ1v) is 7.30. The van der Waals surface area contributed by atoms with Crippen LogP contribution in [-0.2, 0) is 6.54 Å². The molecule has 0 bridgehead atoms. The molecule has 0 aliphatic carbocycles. The summed E-state index contributed by atoms with van der Waals surface area (Å²) in [5, 5.41) is 4.32. The van der Waals surface area contributed by atoms with Gasteiger partial charge in [-0.3, -0.25) is 0 Å². The minimum absolute atomic E-state index is 0.255. The lowest BCUT2D eigenvalue weighted by atomic mass is 10.2. The Morgan fingerprint density at radius 2 is 1.67 bits per heavy atom. The van der Waals surface area contributed by atoms with Gasteiger partial charge in [-0.05, 0) is 35.9 Å². The van der Waals surface area contributed by atoms with Gasteiger partial charge in [0, 0.05) is 23.6 Å². The van der Waals surface area contributed by atoms with E-state index in [4.69, 9.17) is 34.8 Å². The first-order valence-electron chi connectivity index (χ1n) is 6.17. The van der Waals surface area contributed by atoms with Gasteiger partial charge in [0.25, 0.3) is 0 Å². The predicted molar refractivity (Wildman–Crippen MR) is 88.4 cm³/mol. The second-order valence-corrected chi connectivity index (χ2v) is 5.82. The number of anilines is 1. The summed E-state index contributed by atoms with van der Waals surface area (Å²) in [5.41, 5.74) is 1.51. The zero-order valence-electron chi connectivity index (χ0n) is 11.2. The fourth-order valence-electron chi connectivity index (χ4n) is 1.74. The molecule has 21 heavy (non-hydrogen) atoms. The maximum Gasteiger partial charge on any atom is 0.321 e. The Morgan fingerprint density at radius 1 is 1.05 bits per heavy atom. The summed E-state index contributed by atoms with van der Waals surface area (Å²) in [4.78, 5) is 13.7. The number of urea groups is 1. The Labute approximate surface area is 138 Å². The van der Waals surface area contributed by atoms with Gasteiger partial charge in [-0.15, -0.1) is 0 Å². The van der Waals surface area contributed by atoms with Crippen LogP contribution in [-0.4, -0.2) is 18.0 Å². The molecule has 110 valence electrons. The van der Waals surface area contributed by atoms with Crippen LogP contribution >= 0.6 is 34.8 Å². The third-order valence-corrected chi connectivity index (χ3v) is 3.65. The minimum atomic E-state index is -0.255. The van der Waals surface area contributed by atoms with E-state index in [1.54, 1.807) is 42.3 Å². The Hall–Kier alpha value is -1.42. The topological polar surface area (TPSA) is 32.3 Å². The monoisotopic (exact) mass is 342 g/mol. The quantitative estimate of drug-likeness (QED) is 0.804. The molecule has 0 aliphatic heterocycles. The highest BCUT2D eigenvalue weighted by Gasteiger charge is 2.11. The van der Waals surface area contributed by atoms with Gasteiger partial charge in [0.2, 0.25) is 0 Å². The second-order valence-electron chi connectivity index (χ2n) is 4.54. The van der Waals surface area contributed by atoms with Crippen molar-refractivity contribution < 1.29 is 4.79 Å². The van der Waals surface area contributed by atoms with Gasteiger partial charge >= 0.3 is 6.03 Å². The van der Waals surface area contributed by atoms with Crippen molar-refractivity contribution in [3.05, 3.63) is 63.1 Å². The van der Waals surface area contributed by atoms with E-state index in [1.165, 1.54) is 0 Å². The molecular formula is C15H13Cl3N2O. The Balaban J connectivity index is 2.00. The fraction of sp³-hybridized carbons (Fsp3) is 0.133. The molecule has 1 N–H and O–H groups in total. The van der Waals surface area contributed by atoms with Crippen molar-refractivity contribution in [1.29, 1.82) is 0 Å². The summed E-state index contributed by atoms with van der Waals surface area (Å²) in [7, 11) is 1.70. The Kier molecular flexibility index (Phi) is 5.34. The van der Waals surface area contributed by atoms with E-state index in [0.717, 1.165) is 5.56 Å². The van der Waals surface area contributed by atoms with Gasteiger partial charge in [0.05, 0.1) is 10.7 Å². The van der Waals surface area contributed by atoms with Crippen LogP contribution in [0.3, 0.4) is 0 Å². The summed E-state index contributed by atoms with van der Waals surface area (Å²) >= 11 is 17.7. The Bertz CT molecular complexity index is 644. The lowest BCUT2D eigenvalue weighted by molar-refractivity contribution is 0.220. The van der Waals surface area contributed by atoms with Crippen molar-refractivity contribution in [3.8, 4) is 0 Å². The predicted octanol–water partition coefficient (Wildman–Crippen LogP) is 5.31. The smallest absolute Gasteiger partial charge is 0.321 e. The number of amides is 2. The number of rotatable bonds is 3. The largest absolute Gasteiger partial charge is 0.323 e. The maximum absolute atomic E-state index is 12.1. The average Bonchev–Trinajstić information content (AvgIpc) is 2.44. The third-order valence-electron chi connectivity index (χ3n) is 2.85. The van der Waals surface area contributed by atoms with Gasteiger partial charge in [0.15, 0.2) is 0 Å². The number of halogens is 3. The number of hydrogen-bond acceptors (Lipinski definition) is 1. The van der Waals surface area contributed by atoms with Crippen LogP contribution < -0.4 is 5.32 Å². The second kappa shape index (κ2) is 7.03. The van der Waals surface area contributed by atoms with Crippen molar-refractivity contribution in [1.82, 2.24) is 4.90 Å². The van der Waals surface area contributed by atoms with E-state index in [2.05, 4.69) is 5.32 Å². The lowest BCUT2D eigenvalue weighted by Gasteiger charge is -2.18. The van der Waals surface area contributed by atoms with Crippen molar-refractivity contribution >= 4 is 46.5 Å². The normalized spacial score (nSPS) is 10.3. The molecule has 3 nitrogen and oxygen atoms in total. The number of nitrogens with one attached hydrogen (secondary N) is 1. The highest BCUT2D eigenvalue weighted by Crippen LogP contribution is 2.25. The van der Waals surface area contributed by atoms with Crippen LogP contribution in [0.5, 0.6) is 0 Å². The van der Waals surface area contributed by atoms with Crippen molar-refractivity contribution in [2.45, 2.75) is 6.54 Å². The summed E-state index contributed by atoms with van der Waals surface area (Å²) in [6.07, 6.45) is 0. The minimum Gasteiger partial charge on any atom is -0.323 e. The van der Waals surface area contributed by atoms with Crippen molar-refractivity contribution in [2.75, 3.05) is 12.4 Å². The van der Waals surface area contributed by atoms with Crippen LogP contribution in [0.15, 0.2) is 42.5 Å². The summed E-state index contributed by atoms with van der Waals surface area (Å²) < 4.78 is 0. The summed E-state index contributed by atoms with van der Waals surface area (Å²) in [6.45, 7) is 0.466. The van der Waals surface area contributed by atoms with Crippen molar-refractivity contribution in [3.63, 3.8) is 0 Å². The molecule has 0 fully saturated rings. The van der Waals surface area contributed by atoms with Crippen LogP contribution in [0.1, 0.15) is 5.56 Å². The molecule has 2 rings (SSSR count). The molecular weight excluding hydrogens is 331 g/mol. The number of benzene rings is 2. The molecule has 0 aromatic heterocycles. The highest BCUT2D eigenvalue weighted by molar-refractivity contribution is 6.36. The van der Waals surface area contributed by atoms with E-state index in [-0.39, 0.29) is 6.03 Å². The van der Waals surface area contributed by atoms with Crippen LogP contribution in [0.4, 0.5) is 10.5 Å². The Morgan fingerprint density at radius 3 is 2.29 bits per heavy atom. The standard InChI is InChI=1S/C15H13Cl3N2O/c1-20(9-10-2-4-11(16)5-3-10)15(21)19-14-7-6-12(17)8-13(14)18/h2-8H,9H2,1H3,(H,19,21). The molecule has 0 aliphatic rings. The molecule has 2 aromatic carbocycles. The molecule has 0 atom stereocenters. The molecule has 2 aromatic rings. The average molecular weight is 344 g/mol. The maximum atomic E-state index is 12.1. The van der Waals surface area contributed by atoms with Gasteiger partial charge in [-0.25, -0.2) is 4.79 Å². The summed E-state index contributed by atoms with van der Waals surface area (Å²) in [5.74, 6) is 0. The molecule has 0 radical (unpaired) electrons. The summed E-state index contributed by atoms with van der Waals surface area (Å²) in [6, 6.07) is 12.0. The van der Waals surface area contributed by atoms with Crippen LogP contribution in [0, 0.1) is 0 Å². The van der Waals surface area contributed by atoms with Gasteiger partial charge in [-0.2, -0.15) is 0 Å². The molecule has 0 saturated heterocycles. The molecule has 0 heterocycles. The molecule has 0 saturated carbocycles. The zero-order valence-corrected chi connectivity index (χ0v) is 13.5. The highest BCUT2D eigenvalue weighted by atomic mass is 35.5. The molecule has 2 amide bonds. The SMILES string of the molecule is CN(Cc1ccc(Cl)cc1)C(=O)Nc1ccc(Cl)cc1Cl. The fourth-order valence-corrected chi connectivity index (χ4v) is 2.32. The van der Waals surface area contributed by atoms with Gasteiger partial charge in [-0.1, -0.05) is 46.9 Å². The van der Waals surface area contributed by atoms with E-state index in [9.17, 15) is 4.79 Å². The van der Waals surface area contributed by atoms with E-state index >= 15 is 0 Å². The van der Waals surface area contributed by atoms with Crippen molar-refractivity contribution in [2.24, 2.45) is 0 Å². The molecule has 0 spiro atoms. The van der Waals surface area contributed by atoms with E-state index in [0.29, 0.717) is 27.3 Å². The van der Waals surface area contributed by atoms with Crippen LogP contribution in [0.2, 0.25) is 15.1 Å². The zero-order chi connectivity index (χ0) is 15.4. The number of nitrogens with zero attached hydrogens (tertiary/aromatic N) is 1. The molecule has 0 unspecified atom stereocenters. The molecule has 6 heteroatoms. The first kappa shape index (κ1) is 16.0. The first-order chi connectivity index (χ1) is 9.95. The third kappa shape index (κ3) is 4.53. The van der Waals surface area contributed by atoms with Gasteiger partial charge < -0.3 is 10.2 Å². The van der Waals surface area contributed by atoms with E-state index in [1.807, 2.05) is 12.1 Å². The lowest BCUT2D eigenvalue weighted by Crippen LogP contribution is -2.30.